The molecule has 8 nitrogen and oxygen atoms in total. The second kappa shape index (κ2) is 4.83. The van der Waals surface area contributed by atoms with Crippen LogP contribution in [0.1, 0.15) is 10.4 Å². The van der Waals surface area contributed by atoms with E-state index in [2.05, 4.69) is 0 Å². The quantitative estimate of drug-likeness (QED) is 0.748. The third-order valence-electron chi connectivity index (χ3n) is 2.37. The van der Waals surface area contributed by atoms with E-state index in [1.54, 1.807) is 0 Å². The molecule has 0 atom stereocenters. The third kappa shape index (κ3) is 2.55. The van der Waals surface area contributed by atoms with E-state index in [1.807, 2.05) is 0 Å². The van der Waals surface area contributed by atoms with Gasteiger partial charge in [0.2, 0.25) is 0 Å². The van der Waals surface area contributed by atoms with Gasteiger partial charge in [-0.2, -0.15) is 13.2 Å². The lowest BCUT2D eigenvalue weighted by Gasteiger charge is -2.14. The summed E-state index contributed by atoms with van der Waals surface area (Å²) in [6.45, 7) is 0. The van der Waals surface area contributed by atoms with E-state index < -0.39 is 40.7 Å². The molecule has 1 heterocycles. The van der Waals surface area contributed by atoms with Gasteiger partial charge in [-0.05, 0) is 0 Å². The molecule has 0 aliphatic heterocycles. The van der Waals surface area contributed by atoms with Crippen LogP contribution in [0.15, 0.2) is 9.59 Å². The number of carboxylic acids is 1. The Kier molecular flexibility index (Phi) is 3.73. The lowest BCUT2D eigenvalue weighted by molar-refractivity contribution is -0.167. The average Bonchev–Trinajstić information content (AvgIpc) is 2.31. The number of aromatic nitrogens is 2. The van der Waals surface area contributed by atoms with Gasteiger partial charge in [-0.15, -0.1) is 0 Å². The summed E-state index contributed by atoms with van der Waals surface area (Å²) in [4.78, 5) is 44.8. The largest absolute Gasteiger partial charge is 0.477 e. The van der Waals surface area contributed by atoms with Gasteiger partial charge in [-0.25, -0.2) is 9.59 Å². The number of anilines is 1. The molecule has 0 saturated heterocycles. The highest BCUT2D eigenvalue weighted by Gasteiger charge is 2.40. The van der Waals surface area contributed by atoms with E-state index in [0.29, 0.717) is 9.13 Å². The fourth-order valence-electron chi connectivity index (χ4n) is 1.36. The van der Waals surface area contributed by atoms with Crippen LogP contribution in [-0.2, 0) is 18.9 Å². The Hall–Kier alpha value is -2.59. The maximum absolute atomic E-state index is 12.1. The van der Waals surface area contributed by atoms with Crippen LogP contribution in [0, 0.1) is 0 Å². The monoisotopic (exact) mass is 295 g/mol. The van der Waals surface area contributed by atoms with Gasteiger partial charge >= 0.3 is 23.7 Å². The van der Waals surface area contributed by atoms with Crippen molar-refractivity contribution in [2.75, 3.05) is 5.32 Å². The zero-order chi connectivity index (χ0) is 15.8. The van der Waals surface area contributed by atoms with Crippen molar-refractivity contribution in [3.63, 3.8) is 0 Å². The summed E-state index contributed by atoms with van der Waals surface area (Å²) < 4.78 is 37.3. The number of amides is 1. The highest BCUT2D eigenvalue weighted by molar-refractivity contribution is 6.00. The van der Waals surface area contributed by atoms with E-state index in [9.17, 15) is 32.3 Å². The summed E-state index contributed by atoms with van der Waals surface area (Å²) in [6.07, 6.45) is -5.30. The molecule has 110 valence electrons. The molecule has 1 aromatic rings. The molecule has 0 fully saturated rings. The standard InChI is InChI=1S/C9H8F3N3O5/c1-14-4(13-7(19)9(10,11)12)3(6(17)18)5(16)15(2)8(14)20/h1-2H3,(H,13,19)(H,17,18). The van der Waals surface area contributed by atoms with Gasteiger partial charge in [0.25, 0.3) is 5.56 Å². The smallest absolute Gasteiger partial charge is 0.471 e. The van der Waals surface area contributed by atoms with Crippen molar-refractivity contribution in [2.45, 2.75) is 6.18 Å². The summed E-state index contributed by atoms with van der Waals surface area (Å²) in [5.74, 6) is -5.41. The van der Waals surface area contributed by atoms with Crippen molar-refractivity contribution < 1.29 is 27.9 Å². The Morgan fingerprint density at radius 2 is 1.65 bits per heavy atom. The number of carbonyl (C=O) groups excluding carboxylic acids is 1. The van der Waals surface area contributed by atoms with E-state index >= 15 is 0 Å². The summed E-state index contributed by atoms with van der Waals surface area (Å²) in [6, 6.07) is 0. The van der Waals surface area contributed by atoms with Crippen molar-refractivity contribution in [1.29, 1.82) is 0 Å². The van der Waals surface area contributed by atoms with Gasteiger partial charge in [0.1, 0.15) is 5.82 Å². The number of carbonyl (C=O) groups is 2. The average molecular weight is 295 g/mol. The summed E-state index contributed by atoms with van der Waals surface area (Å²) in [7, 11) is 1.87. The van der Waals surface area contributed by atoms with Crippen LogP contribution in [0.25, 0.3) is 0 Å². The highest BCUT2D eigenvalue weighted by Crippen LogP contribution is 2.18. The minimum Gasteiger partial charge on any atom is -0.477 e. The Morgan fingerprint density at radius 1 is 1.15 bits per heavy atom. The first-order valence-electron chi connectivity index (χ1n) is 4.90. The Bertz CT molecular complexity index is 700. The van der Waals surface area contributed by atoms with Crippen LogP contribution < -0.4 is 16.6 Å². The molecular weight excluding hydrogens is 287 g/mol. The predicted molar refractivity (Wildman–Crippen MR) is 58.6 cm³/mol. The Labute approximate surface area is 108 Å². The molecule has 0 unspecified atom stereocenters. The fourth-order valence-corrected chi connectivity index (χ4v) is 1.36. The number of nitrogens with one attached hydrogen (secondary N) is 1. The minimum absolute atomic E-state index is 0.396. The third-order valence-corrected chi connectivity index (χ3v) is 2.37. The van der Waals surface area contributed by atoms with Crippen LogP contribution in [-0.4, -0.2) is 32.3 Å². The molecule has 20 heavy (non-hydrogen) atoms. The SMILES string of the molecule is Cn1c(NC(=O)C(F)(F)F)c(C(=O)O)c(=O)n(C)c1=O. The van der Waals surface area contributed by atoms with E-state index in [1.165, 1.54) is 5.32 Å². The van der Waals surface area contributed by atoms with Crippen molar-refractivity contribution >= 4 is 17.7 Å². The molecule has 1 rings (SSSR count). The molecule has 11 heteroatoms. The normalized spacial score (nSPS) is 11.2. The topological polar surface area (TPSA) is 110 Å². The first-order valence-corrected chi connectivity index (χ1v) is 4.90. The van der Waals surface area contributed by atoms with E-state index in [0.717, 1.165) is 14.1 Å². The van der Waals surface area contributed by atoms with Crippen molar-refractivity contribution in [2.24, 2.45) is 14.1 Å². The second-order valence-corrected chi connectivity index (χ2v) is 3.69. The molecule has 0 saturated carbocycles. The maximum atomic E-state index is 12.1. The lowest BCUT2D eigenvalue weighted by Crippen LogP contribution is -2.43. The van der Waals surface area contributed by atoms with Crippen molar-refractivity contribution in [1.82, 2.24) is 9.13 Å². The first-order chi connectivity index (χ1) is 8.98. The lowest BCUT2D eigenvalue weighted by atomic mass is 10.3. The number of alkyl halides is 3. The number of hydrogen-bond acceptors (Lipinski definition) is 4. The number of hydrogen-bond donors (Lipinski definition) is 2. The summed E-state index contributed by atoms with van der Waals surface area (Å²) >= 11 is 0. The van der Waals surface area contributed by atoms with Gasteiger partial charge in [-0.1, -0.05) is 0 Å². The van der Waals surface area contributed by atoms with Crippen LogP contribution >= 0.6 is 0 Å². The summed E-state index contributed by atoms with van der Waals surface area (Å²) in [5, 5.41) is 10.1. The number of aromatic carboxylic acids is 1. The minimum atomic E-state index is -5.30. The molecule has 2 N–H and O–H groups in total. The molecule has 0 aliphatic rings. The zero-order valence-electron chi connectivity index (χ0n) is 10.1. The highest BCUT2D eigenvalue weighted by atomic mass is 19.4. The van der Waals surface area contributed by atoms with Gasteiger partial charge in [0, 0.05) is 14.1 Å². The van der Waals surface area contributed by atoms with E-state index in [-0.39, 0.29) is 0 Å². The van der Waals surface area contributed by atoms with Crippen LogP contribution in [0.2, 0.25) is 0 Å². The fraction of sp³-hybridized carbons (Fsp3) is 0.333. The molecule has 0 bridgehead atoms. The number of nitrogens with zero attached hydrogens (tertiary/aromatic N) is 2. The van der Waals surface area contributed by atoms with Crippen LogP contribution in [0.5, 0.6) is 0 Å². The number of rotatable bonds is 2. The van der Waals surface area contributed by atoms with Gasteiger partial charge < -0.3 is 10.4 Å². The zero-order valence-corrected chi connectivity index (χ0v) is 10.1. The molecule has 0 aromatic carbocycles. The molecule has 1 amide bonds. The van der Waals surface area contributed by atoms with E-state index in [4.69, 9.17) is 5.11 Å². The van der Waals surface area contributed by atoms with Crippen molar-refractivity contribution in [3.8, 4) is 0 Å². The Morgan fingerprint density at radius 3 is 2.05 bits per heavy atom. The molecule has 0 aliphatic carbocycles. The van der Waals surface area contributed by atoms with Gasteiger partial charge in [-0.3, -0.25) is 18.7 Å². The second-order valence-electron chi connectivity index (χ2n) is 3.69. The van der Waals surface area contributed by atoms with Gasteiger partial charge in [0.15, 0.2) is 5.56 Å². The number of halogens is 3. The van der Waals surface area contributed by atoms with Gasteiger partial charge in [0.05, 0.1) is 0 Å². The molecule has 0 spiro atoms. The van der Waals surface area contributed by atoms with Crippen molar-refractivity contribution in [3.05, 3.63) is 26.4 Å². The van der Waals surface area contributed by atoms with Crippen LogP contribution in [0.4, 0.5) is 19.0 Å². The number of carboxylic acid groups (broad SMARTS) is 1. The van der Waals surface area contributed by atoms with Crippen LogP contribution in [0.3, 0.4) is 0 Å². The predicted octanol–water partition coefficient (Wildman–Crippen LogP) is -0.717. The summed E-state index contributed by atoms with van der Waals surface area (Å²) in [5.41, 5.74) is -3.57. The maximum Gasteiger partial charge on any atom is 0.471 e. The molecular formula is C9H8F3N3O5. The molecule has 0 radical (unpaired) electrons. The Balaban J connectivity index is 3.62. The molecule has 1 aromatic heterocycles. The first kappa shape index (κ1) is 15.5.